The van der Waals surface area contributed by atoms with Gasteiger partial charge in [0.1, 0.15) is 12.3 Å². The lowest BCUT2D eigenvalue weighted by atomic mass is 9.44. The van der Waals surface area contributed by atoms with Crippen molar-refractivity contribution in [3.05, 3.63) is 41.6 Å². The van der Waals surface area contributed by atoms with Crippen molar-refractivity contribution in [2.24, 2.45) is 0 Å². The van der Waals surface area contributed by atoms with Crippen LogP contribution < -0.4 is 10.6 Å². The zero-order chi connectivity index (χ0) is 23.4. The van der Waals surface area contributed by atoms with E-state index in [1.165, 1.54) is 0 Å². The topological polar surface area (TPSA) is 89.6 Å². The summed E-state index contributed by atoms with van der Waals surface area (Å²) < 4.78 is 45.7. The van der Waals surface area contributed by atoms with Crippen LogP contribution in [0.1, 0.15) is 48.2 Å². The molecule has 6 rings (SSSR count). The first-order valence-corrected chi connectivity index (χ1v) is 10.9. The fraction of sp³-hybridized carbons (Fsp3) is 0.522. The Kier molecular flexibility index (Phi) is 5.13. The molecule has 2 bridgehead atoms. The second kappa shape index (κ2) is 7.66. The fourth-order valence-corrected chi connectivity index (χ4v) is 5.19. The van der Waals surface area contributed by atoms with Crippen LogP contribution in [-0.2, 0) is 14.3 Å². The zero-order valence-electron chi connectivity index (χ0n) is 18.0. The van der Waals surface area contributed by atoms with Crippen LogP contribution in [-0.4, -0.2) is 53.1 Å². The highest BCUT2D eigenvalue weighted by Gasteiger charge is 2.69. The summed E-state index contributed by atoms with van der Waals surface area (Å²) in [5.41, 5.74) is 1.57. The van der Waals surface area contributed by atoms with Gasteiger partial charge in [0.05, 0.1) is 17.7 Å². The van der Waals surface area contributed by atoms with E-state index < -0.39 is 18.6 Å². The summed E-state index contributed by atoms with van der Waals surface area (Å²) in [5.74, 6) is -0.539. The van der Waals surface area contributed by atoms with E-state index in [1.807, 2.05) is 31.2 Å². The summed E-state index contributed by atoms with van der Waals surface area (Å²) in [6.07, 6.45) is -3.81. The molecule has 2 amide bonds. The third-order valence-corrected chi connectivity index (χ3v) is 6.69. The minimum atomic E-state index is -4.65. The first kappa shape index (κ1) is 22.1. The molecule has 1 aromatic carbocycles. The lowest BCUT2D eigenvalue weighted by molar-refractivity contribution is -0.357. The number of aryl methyl sites for hydroxylation is 1. The number of alkyl halides is 3. The largest absolute Gasteiger partial charge is 0.522 e. The maximum Gasteiger partial charge on any atom is 0.522 e. The number of nitrogens with zero attached hydrogens (tertiary/aromatic N) is 1. The SMILES string of the molecule is Cc1ccc2nc(C(=O)NC34CC(NC(=O)CO[C@H]5C[C@@H](OC(F)(F)F)C5)(C3)C4)ccc2c1. The van der Waals surface area contributed by atoms with Gasteiger partial charge in [-0.1, -0.05) is 17.7 Å². The highest BCUT2D eigenvalue weighted by Crippen LogP contribution is 2.60. The molecule has 10 heteroatoms. The van der Waals surface area contributed by atoms with Gasteiger partial charge < -0.3 is 15.4 Å². The molecule has 4 saturated carbocycles. The number of aromatic nitrogens is 1. The van der Waals surface area contributed by atoms with Gasteiger partial charge in [-0.3, -0.25) is 14.3 Å². The number of ether oxygens (including phenoxy) is 2. The van der Waals surface area contributed by atoms with Crippen LogP contribution in [0.25, 0.3) is 10.9 Å². The zero-order valence-corrected chi connectivity index (χ0v) is 18.0. The van der Waals surface area contributed by atoms with Gasteiger partial charge in [-0.15, -0.1) is 13.2 Å². The molecule has 4 fully saturated rings. The Balaban J connectivity index is 1.05. The van der Waals surface area contributed by atoms with E-state index in [4.69, 9.17) is 4.74 Å². The Morgan fingerprint density at radius 1 is 1.06 bits per heavy atom. The molecular formula is C23H24F3N3O4. The van der Waals surface area contributed by atoms with Crippen molar-refractivity contribution in [1.82, 2.24) is 15.6 Å². The van der Waals surface area contributed by atoms with Gasteiger partial charge >= 0.3 is 6.36 Å². The molecule has 2 aromatic rings. The minimum absolute atomic E-state index is 0.121. The Hall–Kier alpha value is -2.72. The highest BCUT2D eigenvalue weighted by atomic mass is 19.4. The van der Waals surface area contributed by atoms with Gasteiger partial charge in [0.25, 0.3) is 5.91 Å². The molecule has 1 heterocycles. The first-order chi connectivity index (χ1) is 15.5. The van der Waals surface area contributed by atoms with Crippen LogP contribution >= 0.6 is 0 Å². The number of benzene rings is 1. The molecule has 0 unspecified atom stereocenters. The summed E-state index contributed by atoms with van der Waals surface area (Å²) in [4.78, 5) is 29.3. The van der Waals surface area contributed by atoms with E-state index in [9.17, 15) is 22.8 Å². The number of pyridine rings is 1. The molecule has 4 aliphatic rings. The molecule has 1 aromatic heterocycles. The number of carbonyl (C=O) groups excluding carboxylic acids is 2. The van der Waals surface area contributed by atoms with Gasteiger partial charge in [-0.25, -0.2) is 4.98 Å². The lowest BCUT2D eigenvalue weighted by Gasteiger charge is -2.70. The van der Waals surface area contributed by atoms with E-state index in [1.54, 1.807) is 6.07 Å². The first-order valence-electron chi connectivity index (χ1n) is 10.9. The van der Waals surface area contributed by atoms with Crippen molar-refractivity contribution < 1.29 is 32.2 Å². The van der Waals surface area contributed by atoms with Crippen LogP contribution in [0, 0.1) is 6.92 Å². The van der Waals surface area contributed by atoms with E-state index in [-0.39, 0.29) is 42.3 Å². The van der Waals surface area contributed by atoms with Crippen LogP contribution in [0.15, 0.2) is 30.3 Å². The predicted octanol–water partition coefficient (Wildman–Crippen LogP) is 3.15. The summed E-state index contributed by atoms with van der Waals surface area (Å²) in [5, 5.41) is 6.97. The number of rotatable bonds is 7. The average molecular weight is 463 g/mol. The Bertz CT molecular complexity index is 1090. The standard InChI is InChI=1S/C23H24F3N3O4/c1-13-2-4-17-14(6-13)3-5-18(27-17)20(31)29-22-10-21(11-22,12-22)28-19(30)9-32-15-7-16(8-15)33-23(24,25)26/h2-6,15-16H,7-12H2,1H3,(H,28,30)(H,29,31)/t15-,16+,21?,22?. The number of carbonyl (C=O) groups is 2. The quantitative estimate of drug-likeness (QED) is 0.659. The molecule has 176 valence electrons. The van der Waals surface area contributed by atoms with Crippen molar-refractivity contribution in [2.45, 2.75) is 68.7 Å². The maximum absolute atomic E-state index is 12.7. The van der Waals surface area contributed by atoms with Gasteiger partial charge in [0, 0.05) is 29.3 Å². The number of nitrogens with one attached hydrogen (secondary N) is 2. The molecule has 0 spiro atoms. The van der Waals surface area contributed by atoms with Crippen molar-refractivity contribution in [1.29, 1.82) is 0 Å². The van der Waals surface area contributed by atoms with Crippen LogP contribution in [0.5, 0.6) is 0 Å². The second-order valence-electron chi connectivity index (χ2n) is 9.58. The molecule has 33 heavy (non-hydrogen) atoms. The number of amides is 2. The lowest BCUT2D eigenvalue weighted by Crippen LogP contribution is -2.84. The molecule has 7 nitrogen and oxygen atoms in total. The molecular weight excluding hydrogens is 439 g/mol. The third-order valence-electron chi connectivity index (χ3n) is 6.69. The summed E-state index contributed by atoms with van der Waals surface area (Å²) >= 11 is 0. The van der Waals surface area contributed by atoms with Crippen molar-refractivity contribution >= 4 is 22.7 Å². The summed E-state index contributed by atoms with van der Waals surface area (Å²) in [7, 11) is 0. The minimum Gasteiger partial charge on any atom is -0.368 e. The Morgan fingerprint density at radius 2 is 1.76 bits per heavy atom. The normalized spacial score (nSPS) is 30.1. The van der Waals surface area contributed by atoms with Crippen LogP contribution in [0.3, 0.4) is 0 Å². The van der Waals surface area contributed by atoms with Gasteiger partial charge in [0.2, 0.25) is 5.91 Å². The van der Waals surface area contributed by atoms with Crippen molar-refractivity contribution in [3.8, 4) is 0 Å². The smallest absolute Gasteiger partial charge is 0.368 e. The predicted molar refractivity (Wildman–Crippen MR) is 111 cm³/mol. The average Bonchev–Trinajstić information content (AvgIpc) is 2.65. The van der Waals surface area contributed by atoms with Gasteiger partial charge in [0.15, 0.2) is 0 Å². The Labute approximate surface area is 188 Å². The van der Waals surface area contributed by atoms with E-state index in [0.717, 1.165) is 16.5 Å². The molecule has 0 radical (unpaired) electrons. The maximum atomic E-state index is 12.7. The van der Waals surface area contributed by atoms with Crippen molar-refractivity contribution in [2.75, 3.05) is 6.61 Å². The molecule has 0 aliphatic heterocycles. The molecule has 4 aliphatic carbocycles. The van der Waals surface area contributed by atoms with Gasteiger partial charge in [-0.2, -0.15) is 0 Å². The van der Waals surface area contributed by atoms with E-state index in [2.05, 4.69) is 20.4 Å². The third kappa shape index (κ3) is 4.54. The van der Waals surface area contributed by atoms with Crippen LogP contribution in [0.2, 0.25) is 0 Å². The monoisotopic (exact) mass is 463 g/mol. The summed E-state index contributed by atoms with van der Waals surface area (Å²) in [6, 6.07) is 9.45. The molecule has 2 N–H and O–H groups in total. The number of hydrogen-bond donors (Lipinski definition) is 2. The van der Waals surface area contributed by atoms with E-state index >= 15 is 0 Å². The molecule has 0 saturated heterocycles. The van der Waals surface area contributed by atoms with Gasteiger partial charge in [-0.05, 0) is 44.4 Å². The highest BCUT2D eigenvalue weighted by molar-refractivity contribution is 5.95. The second-order valence-corrected chi connectivity index (χ2v) is 9.58. The number of hydrogen-bond acceptors (Lipinski definition) is 5. The van der Waals surface area contributed by atoms with Crippen molar-refractivity contribution in [3.63, 3.8) is 0 Å². The summed E-state index contributed by atoms with van der Waals surface area (Å²) in [6.45, 7) is 1.80. The Morgan fingerprint density at radius 3 is 2.45 bits per heavy atom. The number of halogens is 3. The number of fused-ring (bicyclic) bond motifs is 1. The van der Waals surface area contributed by atoms with Crippen LogP contribution in [0.4, 0.5) is 13.2 Å². The van der Waals surface area contributed by atoms with E-state index in [0.29, 0.717) is 25.0 Å². The fourth-order valence-electron chi connectivity index (χ4n) is 5.19. The molecule has 0 atom stereocenters.